The second kappa shape index (κ2) is 3.55. The van der Waals surface area contributed by atoms with Crippen molar-refractivity contribution < 1.29 is 9.59 Å². The molecule has 3 atom stereocenters. The molecule has 0 amide bonds. The fourth-order valence-corrected chi connectivity index (χ4v) is 3.01. The van der Waals surface area contributed by atoms with Gasteiger partial charge in [-0.3, -0.25) is 9.59 Å². The Kier molecular flexibility index (Phi) is 2.16. The lowest BCUT2D eigenvalue weighted by Crippen LogP contribution is -2.39. The van der Waals surface area contributed by atoms with Crippen molar-refractivity contribution >= 4 is 11.6 Å². The van der Waals surface area contributed by atoms with Gasteiger partial charge in [0.1, 0.15) is 11.6 Å². The van der Waals surface area contributed by atoms with Crippen LogP contribution < -0.4 is 0 Å². The third-order valence-electron chi connectivity index (χ3n) is 3.85. The van der Waals surface area contributed by atoms with Crippen LogP contribution in [0.5, 0.6) is 0 Å². The summed E-state index contributed by atoms with van der Waals surface area (Å²) >= 11 is 0. The lowest BCUT2D eigenvalue weighted by Gasteiger charge is -2.35. The number of hydrogen-bond donors (Lipinski definition) is 0. The van der Waals surface area contributed by atoms with Crippen molar-refractivity contribution in [1.29, 1.82) is 0 Å². The van der Waals surface area contributed by atoms with Crippen LogP contribution in [0.3, 0.4) is 0 Å². The van der Waals surface area contributed by atoms with E-state index in [1.54, 1.807) is 0 Å². The Labute approximate surface area is 94.7 Å². The van der Waals surface area contributed by atoms with E-state index in [1.807, 2.05) is 30.4 Å². The second-order valence-electron chi connectivity index (χ2n) is 4.78. The van der Waals surface area contributed by atoms with Crippen LogP contribution in [-0.4, -0.2) is 11.6 Å². The van der Waals surface area contributed by atoms with Gasteiger partial charge >= 0.3 is 0 Å². The molecule has 0 spiro atoms. The summed E-state index contributed by atoms with van der Waals surface area (Å²) < 4.78 is 0. The third-order valence-corrected chi connectivity index (χ3v) is 3.85. The zero-order chi connectivity index (χ0) is 11.1. The summed E-state index contributed by atoms with van der Waals surface area (Å²) in [5.74, 6) is 0.224. The van der Waals surface area contributed by atoms with Gasteiger partial charge < -0.3 is 0 Å². The number of carbonyl (C=O) groups is 2. The predicted octanol–water partition coefficient (Wildman–Crippen LogP) is 2.22. The minimum atomic E-state index is -0.136. The molecule has 3 aliphatic rings. The van der Waals surface area contributed by atoms with Crippen molar-refractivity contribution in [3.63, 3.8) is 0 Å². The first-order valence-electron chi connectivity index (χ1n) is 5.90. The molecule has 0 heterocycles. The molecule has 0 radical (unpaired) electrons. The molecule has 16 heavy (non-hydrogen) atoms. The van der Waals surface area contributed by atoms with Crippen molar-refractivity contribution in [3.8, 4) is 0 Å². The molecule has 0 N–H and O–H groups in total. The van der Waals surface area contributed by atoms with Crippen molar-refractivity contribution in [2.75, 3.05) is 0 Å². The fourth-order valence-electron chi connectivity index (χ4n) is 3.01. The predicted molar refractivity (Wildman–Crippen MR) is 60.7 cm³/mol. The zero-order valence-electron chi connectivity index (χ0n) is 9.06. The summed E-state index contributed by atoms with van der Waals surface area (Å²) in [4.78, 5) is 24.1. The quantitative estimate of drug-likeness (QED) is 0.619. The number of hydrogen-bond acceptors (Lipinski definition) is 2. The van der Waals surface area contributed by atoms with Crippen LogP contribution in [0.1, 0.15) is 19.3 Å². The Morgan fingerprint density at radius 3 is 2.94 bits per heavy atom. The minimum absolute atomic E-state index is 0.0499. The molecular formula is C14H14O2. The minimum Gasteiger partial charge on any atom is -0.299 e. The van der Waals surface area contributed by atoms with Crippen molar-refractivity contribution in [2.45, 2.75) is 19.3 Å². The monoisotopic (exact) mass is 214 g/mol. The van der Waals surface area contributed by atoms with E-state index < -0.39 is 0 Å². The van der Waals surface area contributed by atoms with Gasteiger partial charge in [0.2, 0.25) is 0 Å². The highest BCUT2D eigenvalue weighted by molar-refractivity contribution is 5.97. The molecule has 3 rings (SSSR count). The maximum absolute atomic E-state index is 12.3. The van der Waals surface area contributed by atoms with E-state index in [0.717, 1.165) is 18.4 Å². The molecule has 2 nitrogen and oxygen atoms in total. The van der Waals surface area contributed by atoms with E-state index >= 15 is 0 Å². The highest BCUT2D eigenvalue weighted by Crippen LogP contribution is 2.39. The first-order chi connectivity index (χ1) is 7.77. The van der Waals surface area contributed by atoms with Gasteiger partial charge in [-0.2, -0.15) is 0 Å². The summed E-state index contributed by atoms with van der Waals surface area (Å²) in [5.41, 5.74) is 1.02. The van der Waals surface area contributed by atoms with Gasteiger partial charge in [-0.1, -0.05) is 30.4 Å². The van der Waals surface area contributed by atoms with Crippen LogP contribution in [0.4, 0.5) is 0 Å². The van der Waals surface area contributed by atoms with Crippen molar-refractivity contribution in [1.82, 2.24) is 0 Å². The topological polar surface area (TPSA) is 34.1 Å². The van der Waals surface area contributed by atoms with Gasteiger partial charge in [-0.25, -0.2) is 0 Å². The highest BCUT2D eigenvalue weighted by Gasteiger charge is 2.41. The number of carbonyl (C=O) groups excluding carboxylic acids is 2. The molecule has 0 aromatic heterocycles. The zero-order valence-corrected chi connectivity index (χ0v) is 9.06. The SMILES string of the molecule is O=C1CCCC2C(=O)C3C=CC=CC3=CC12. The summed E-state index contributed by atoms with van der Waals surface area (Å²) in [6.45, 7) is 0. The standard InChI is InChI=1S/C14H14O2/c15-13-7-3-6-11-12(13)8-9-4-1-2-5-10(9)14(11)16/h1-2,4-5,8,10-12H,3,6-7H2. The van der Waals surface area contributed by atoms with Crippen molar-refractivity contribution in [3.05, 3.63) is 36.0 Å². The normalized spacial score (nSPS) is 36.8. The molecule has 2 heteroatoms. The van der Waals surface area contributed by atoms with E-state index in [2.05, 4.69) is 0 Å². The Bertz CT molecular complexity index is 440. The van der Waals surface area contributed by atoms with Gasteiger partial charge in [0.25, 0.3) is 0 Å². The molecule has 82 valence electrons. The van der Waals surface area contributed by atoms with Crippen molar-refractivity contribution in [2.24, 2.45) is 17.8 Å². The largest absolute Gasteiger partial charge is 0.299 e. The maximum atomic E-state index is 12.3. The van der Waals surface area contributed by atoms with Gasteiger partial charge in [-0.05, 0) is 18.4 Å². The summed E-state index contributed by atoms with van der Waals surface area (Å²) in [7, 11) is 0. The first-order valence-corrected chi connectivity index (χ1v) is 5.90. The van der Waals surface area contributed by atoms with E-state index in [4.69, 9.17) is 0 Å². The second-order valence-corrected chi connectivity index (χ2v) is 4.78. The molecule has 1 fully saturated rings. The number of rotatable bonds is 0. The van der Waals surface area contributed by atoms with E-state index in [-0.39, 0.29) is 29.3 Å². The molecule has 0 bridgehead atoms. The number of Topliss-reactive ketones (excluding diaryl/α,β-unsaturated/α-hetero) is 2. The summed E-state index contributed by atoms with van der Waals surface area (Å²) in [6.07, 6.45) is 12.2. The number of ketones is 2. The molecule has 3 aliphatic carbocycles. The molecule has 1 saturated carbocycles. The lowest BCUT2D eigenvalue weighted by molar-refractivity contribution is -0.135. The Hall–Kier alpha value is -1.44. The van der Waals surface area contributed by atoms with Gasteiger partial charge in [-0.15, -0.1) is 0 Å². The number of allylic oxidation sites excluding steroid dienone is 6. The van der Waals surface area contributed by atoms with E-state index in [0.29, 0.717) is 6.42 Å². The lowest BCUT2D eigenvalue weighted by atomic mass is 9.66. The summed E-state index contributed by atoms with van der Waals surface area (Å²) in [5, 5.41) is 0. The van der Waals surface area contributed by atoms with E-state index in [1.165, 1.54) is 0 Å². The summed E-state index contributed by atoms with van der Waals surface area (Å²) in [6, 6.07) is 0. The molecule has 0 aliphatic heterocycles. The van der Waals surface area contributed by atoms with Gasteiger partial charge in [0, 0.05) is 18.3 Å². The van der Waals surface area contributed by atoms with Crippen LogP contribution in [0, 0.1) is 17.8 Å². The van der Waals surface area contributed by atoms with Gasteiger partial charge in [0.15, 0.2) is 0 Å². The van der Waals surface area contributed by atoms with Crippen LogP contribution in [0.2, 0.25) is 0 Å². The molecule has 3 unspecified atom stereocenters. The van der Waals surface area contributed by atoms with Gasteiger partial charge in [0.05, 0.1) is 5.92 Å². The van der Waals surface area contributed by atoms with Crippen LogP contribution in [-0.2, 0) is 9.59 Å². The smallest absolute Gasteiger partial charge is 0.148 e. The van der Waals surface area contributed by atoms with Crippen LogP contribution in [0.25, 0.3) is 0 Å². The highest BCUT2D eigenvalue weighted by atomic mass is 16.1. The van der Waals surface area contributed by atoms with Crippen LogP contribution in [0.15, 0.2) is 36.0 Å². The van der Waals surface area contributed by atoms with E-state index in [9.17, 15) is 9.59 Å². The fraction of sp³-hybridized carbons (Fsp3) is 0.429. The Morgan fingerprint density at radius 1 is 1.19 bits per heavy atom. The molecule has 0 saturated heterocycles. The Morgan fingerprint density at radius 2 is 2.06 bits per heavy atom. The molecule has 0 aromatic carbocycles. The molecule has 0 aromatic rings. The molecular weight excluding hydrogens is 200 g/mol. The first kappa shape index (κ1) is 9.76. The Balaban J connectivity index is 2.04. The average molecular weight is 214 g/mol. The maximum Gasteiger partial charge on any atom is 0.148 e. The van der Waals surface area contributed by atoms with Crippen LogP contribution >= 0.6 is 0 Å². The third kappa shape index (κ3) is 1.33. The number of fused-ring (bicyclic) bond motifs is 2. The average Bonchev–Trinajstić information content (AvgIpc) is 2.31.